The summed E-state index contributed by atoms with van der Waals surface area (Å²) in [6, 6.07) is 1.79. The van der Waals surface area contributed by atoms with E-state index in [1.54, 1.807) is 17.1 Å². The first-order chi connectivity index (χ1) is 13.1. The molecule has 2 aromatic rings. The molecule has 3 heterocycles. The maximum absolute atomic E-state index is 12.2. The molecule has 4 rings (SSSR count). The van der Waals surface area contributed by atoms with Gasteiger partial charge in [0.2, 0.25) is 0 Å². The molecular weight excluding hydrogens is 342 g/mol. The van der Waals surface area contributed by atoms with Crippen LogP contribution in [0.1, 0.15) is 48.9 Å². The average Bonchev–Trinajstić information content (AvgIpc) is 3.30. The monoisotopic (exact) mass is 371 g/mol. The van der Waals surface area contributed by atoms with E-state index < -0.39 is 0 Å². The van der Waals surface area contributed by atoms with Gasteiger partial charge in [0.05, 0.1) is 17.9 Å². The molecule has 1 aliphatic heterocycles. The molecular formula is C20H29N5O2. The van der Waals surface area contributed by atoms with Gasteiger partial charge in [-0.15, -0.1) is 0 Å². The first kappa shape index (κ1) is 18.4. The van der Waals surface area contributed by atoms with Gasteiger partial charge in [-0.1, -0.05) is 13.8 Å². The van der Waals surface area contributed by atoms with E-state index in [1.807, 2.05) is 0 Å². The second-order valence-corrected chi connectivity index (χ2v) is 7.97. The summed E-state index contributed by atoms with van der Waals surface area (Å²) in [5.41, 5.74) is 3.38. The highest BCUT2D eigenvalue weighted by atomic mass is 16.3. The third kappa shape index (κ3) is 4.14. The Morgan fingerprint density at radius 2 is 1.89 bits per heavy atom. The third-order valence-electron chi connectivity index (χ3n) is 5.69. The summed E-state index contributed by atoms with van der Waals surface area (Å²) in [5.74, 6) is 1.36. The topological polar surface area (TPSA) is 67.4 Å². The second-order valence-electron chi connectivity index (χ2n) is 7.97. The second kappa shape index (κ2) is 7.94. The number of hydrogen-bond acceptors (Lipinski definition) is 6. The third-order valence-corrected chi connectivity index (χ3v) is 5.69. The number of oxazole rings is 1. The molecule has 0 spiro atoms. The molecule has 0 unspecified atom stereocenters. The molecule has 7 heteroatoms. The lowest BCUT2D eigenvalue weighted by Gasteiger charge is -2.34. The highest BCUT2D eigenvalue weighted by Crippen LogP contribution is 2.20. The fourth-order valence-corrected chi connectivity index (χ4v) is 4.08. The van der Waals surface area contributed by atoms with E-state index in [0.717, 1.165) is 81.2 Å². The van der Waals surface area contributed by atoms with Gasteiger partial charge >= 0.3 is 0 Å². The molecule has 0 aromatic carbocycles. The van der Waals surface area contributed by atoms with Crippen molar-refractivity contribution in [2.45, 2.75) is 52.1 Å². The Balaban J connectivity index is 1.28. The van der Waals surface area contributed by atoms with E-state index >= 15 is 0 Å². The fraction of sp³-hybridized carbons (Fsp3) is 0.650. The Hall–Kier alpha value is -1.99. The van der Waals surface area contributed by atoms with Crippen LogP contribution in [0, 0.1) is 0 Å². The zero-order chi connectivity index (χ0) is 18.8. The zero-order valence-corrected chi connectivity index (χ0v) is 16.4. The summed E-state index contributed by atoms with van der Waals surface area (Å²) in [5, 5.41) is 4.58. The van der Waals surface area contributed by atoms with Gasteiger partial charge in [-0.3, -0.25) is 14.6 Å². The lowest BCUT2D eigenvalue weighted by atomic mass is 10.1. The Labute approximate surface area is 160 Å². The van der Waals surface area contributed by atoms with Crippen LogP contribution in [0.3, 0.4) is 0 Å². The van der Waals surface area contributed by atoms with Crippen LogP contribution in [0.25, 0.3) is 0 Å². The van der Waals surface area contributed by atoms with E-state index in [9.17, 15) is 4.79 Å². The van der Waals surface area contributed by atoms with Crippen molar-refractivity contribution >= 4 is 0 Å². The summed E-state index contributed by atoms with van der Waals surface area (Å²) >= 11 is 0. The molecule has 1 fully saturated rings. The largest absolute Gasteiger partial charge is 0.448 e. The number of piperazine rings is 1. The summed E-state index contributed by atoms with van der Waals surface area (Å²) in [7, 11) is 0. The van der Waals surface area contributed by atoms with Gasteiger partial charge in [-0.2, -0.15) is 5.10 Å². The van der Waals surface area contributed by atoms with Crippen molar-refractivity contribution < 1.29 is 4.42 Å². The molecule has 2 aliphatic rings. The van der Waals surface area contributed by atoms with Crippen LogP contribution in [-0.2, 0) is 25.9 Å². The van der Waals surface area contributed by atoms with E-state index in [1.165, 1.54) is 0 Å². The first-order valence-electron chi connectivity index (χ1n) is 10.1. The van der Waals surface area contributed by atoms with E-state index in [2.05, 4.69) is 33.7 Å². The van der Waals surface area contributed by atoms with Gasteiger partial charge in [0, 0.05) is 51.3 Å². The molecule has 1 saturated heterocycles. The first-order valence-corrected chi connectivity index (χ1v) is 10.1. The maximum atomic E-state index is 12.2. The number of nitrogens with zero attached hydrogens (tertiary/aromatic N) is 5. The fourth-order valence-electron chi connectivity index (χ4n) is 4.08. The lowest BCUT2D eigenvalue weighted by molar-refractivity contribution is 0.121. The van der Waals surface area contributed by atoms with Crippen molar-refractivity contribution in [3.8, 4) is 0 Å². The Bertz CT molecular complexity index is 833. The SMILES string of the molecule is CC(C)c1ocnc1CN1CCN(CCn2nc3c(cc2=O)CCC3)CC1. The molecule has 0 N–H and O–H groups in total. The minimum Gasteiger partial charge on any atom is -0.448 e. The molecule has 146 valence electrons. The number of aromatic nitrogens is 3. The Morgan fingerprint density at radius 3 is 2.67 bits per heavy atom. The lowest BCUT2D eigenvalue weighted by Crippen LogP contribution is -2.47. The average molecular weight is 371 g/mol. The minimum atomic E-state index is 0.0431. The van der Waals surface area contributed by atoms with Crippen molar-refractivity contribution in [1.82, 2.24) is 24.6 Å². The molecule has 0 atom stereocenters. The van der Waals surface area contributed by atoms with Crippen LogP contribution < -0.4 is 5.56 Å². The highest BCUT2D eigenvalue weighted by Gasteiger charge is 2.21. The van der Waals surface area contributed by atoms with Gasteiger partial charge in [0.1, 0.15) is 5.76 Å². The van der Waals surface area contributed by atoms with Crippen molar-refractivity contribution in [3.63, 3.8) is 0 Å². The zero-order valence-electron chi connectivity index (χ0n) is 16.4. The molecule has 0 saturated carbocycles. The molecule has 27 heavy (non-hydrogen) atoms. The van der Waals surface area contributed by atoms with Crippen molar-refractivity contribution in [3.05, 3.63) is 45.5 Å². The summed E-state index contributed by atoms with van der Waals surface area (Å²) in [6.45, 7) is 10.7. The van der Waals surface area contributed by atoms with Crippen LogP contribution in [-0.4, -0.2) is 57.3 Å². The molecule has 0 bridgehead atoms. The summed E-state index contributed by atoms with van der Waals surface area (Å²) < 4.78 is 7.19. The quantitative estimate of drug-likeness (QED) is 0.769. The Morgan fingerprint density at radius 1 is 1.11 bits per heavy atom. The van der Waals surface area contributed by atoms with Crippen molar-refractivity contribution in [2.24, 2.45) is 0 Å². The van der Waals surface area contributed by atoms with Gasteiger partial charge in [0.25, 0.3) is 5.56 Å². The standard InChI is InChI=1S/C20H29N5O2/c1-15(2)20-18(21-14-27-20)13-24-8-6-23(7-9-24)10-11-25-19(26)12-16-4-3-5-17(16)22-25/h12,14-15H,3-11,13H2,1-2H3. The minimum absolute atomic E-state index is 0.0431. The number of rotatable bonds is 6. The molecule has 2 aromatic heterocycles. The highest BCUT2D eigenvalue weighted by molar-refractivity contribution is 5.22. The predicted octanol–water partition coefficient (Wildman–Crippen LogP) is 1.66. The van der Waals surface area contributed by atoms with Crippen LogP contribution >= 0.6 is 0 Å². The van der Waals surface area contributed by atoms with Crippen LogP contribution in [0.15, 0.2) is 21.7 Å². The van der Waals surface area contributed by atoms with Gasteiger partial charge in [0.15, 0.2) is 6.39 Å². The maximum Gasteiger partial charge on any atom is 0.267 e. The van der Waals surface area contributed by atoms with Crippen molar-refractivity contribution in [2.75, 3.05) is 32.7 Å². The predicted molar refractivity (Wildman–Crippen MR) is 103 cm³/mol. The van der Waals surface area contributed by atoms with Gasteiger partial charge in [-0.05, 0) is 24.8 Å². The molecule has 0 radical (unpaired) electrons. The molecule has 7 nitrogen and oxygen atoms in total. The molecule has 1 aliphatic carbocycles. The van der Waals surface area contributed by atoms with Crippen LogP contribution in [0.5, 0.6) is 0 Å². The summed E-state index contributed by atoms with van der Waals surface area (Å²) in [4.78, 5) is 21.5. The van der Waals surface area contributed by atoms with E-state index in [4.69, 9.17) is 4.42 Å². The van der Waals surface area contributed by atoms with Crippen molar-refractivity contribution in [1.29, 1.82) is 0 Å². The number of fused-ring (bicyclic) bond motifs is 1. The van der Waals surface area contributed by atoms with E-state index in [-0.39, 0.29) is 5.56 Å². The van der Waals surface area contributed by atoms with Gasteiger partial charge in [-0.25, -0.2) is 9.67 Å². The normalized spacial score (nSPS) is 18.3. The van der Waals surface area contributed by atoms with E-state index in [0.29, 0.717) is 12.5 Å². The van der Waals surface area contributed by atoms with Crippen LogP contribution in [0.2, 0.25) is 0 Å². The van der Waals surface area contributed by atoms with Crippen LogP contribution in [0.4, 0.5) is 0 Å². The smallest absolute Gasteiger partial charge is 0.267 e. The Kier molecular flexibility index (Phi) is 5.41. The number of hydrogen-bond donors (Lipinski definition) is 0. The molecule has 0 amide bonds. The number of aryl methyl sites for hydroxylation is 2. The van der Waals surface area contributed by atoms with Gasteiger partial charge < -0.3 is 4.42 Å². The summed E-state index contributed by atoms with van der Waals surface area (Å²) in [6.07, 6.45) is 4.69.